The third-order valence-corrected chi connectivity index (χ3v) is 5.65. The molecule has 0 aliphatic carbocycles. The van der Waals surface area contributed by atoms with Crippen LogP contribution in [0, 0.1) is 13.8 Å². The SMILES string of the molecule is CCc1nc(C)c(CNC(=O)Nc2cc(S(N)(=O)=O)ccc2C)s1. The number of aromatic nitrogens is 1. The van der Waals surface area contributed by atoms with E-state index >= 15 is 0 Å². The summed E-state index contributed by atoms with van der Waals surface area (Å²) in [6, 6.07) is 3.92. The van der Waals surface area contributed by atoms with E-state index in [0.717, 1.165) is 27.6 Å². The van der Waals surface area contributed by atoms with Gasteiger partial charge in [0.2, 0.25) is 10.0 Å². The number of aryl methyl sites for hydroxylation is 3. The minimum absolute atomic E-state index is 0.0470. The van der Waals surface area contributed by atoms with Gasteiger partial charge in [0.05, 0.1) is 22.1 Å². The highest BCUT2D eigenvalue weighted by atomic mass is 32.2. The number of amides is 2. The predicted molar refractivity (Wildman–Crippen MR) is 94.6 cm³/mol. The van der Waals surface area contributed by atoms with Gasteiger partial charge in [0.1, 0.15) is 0 Å². The molecule has 2 amide bonds. The second-order valence-electron chi connectivity index (χ2n) is 5.30. The highest BCUT2D eigenvalue weighted by Crippen LogP contribution is 2.20. The van der Waals surface area contributed by atoms with Gasteiger partial charge in [-0.05, 0) is 38.0 Å². The van der Waals surface area contributed by atoms with Crippen LogP contribution in [-0.4, -0.2) is 19.4 Å². The predicted octanol–water partition coefficient (Wildman–Crippen LogP) is 2.29. The summed E-state index contributed by atoms with van der Waals surface area (Å²) in [5.41, 5.74) is 2.04. The summed E-state index contributed by atoms with van der Waals surface area (Å²) >= 11 is 1.57. The summed E-state index contributed by atoms with van der Waals surface area (Å²) in [4.78, 5) is 17.4. The summed E-state index contributed by atoms with van der Waals surface area (Å²) in [5, 5.41) is 11.5. The van der Waals surface area contributed by atoms with Crippen molar-refractivity contribution in [2.24, 2.45) is 5.14 Å². The Labute approximate surface area is 145 Å². The fourth-order valence-electron chi connectivity index (χ4n) is 2.04. The minimum atomic E-state index is -3.82. The van der Waals surface area contributed by atoms with E-state index in [-0.39, 0.29) is 4.90 Å². The molecule has 130 valence electrons. The third kappa shape index (κ3) is 4.53. The first-order valence-corrected chi connectivity index (χ1v) is 9.70. The van der Waals surface area contributed by atoms with Gasteiger partial charge in [-0.3, -0.25) is 0 Å². The summed E-state index contributed by atoms with van der Waals surface area (Å²) < 4.78 is 22.8. The normalized spacial score (nSPS) is 11.3. The molecule has 24 heavy (non-hydrogen) atoms. The van der Waals surface area contributed by atoms with Crippen molar-refractivity contribution in [3.8, 4) is 0 Å². The molecule has 1 heterocycles. The van der Waals surface area contributed by atoms with Gasteiger partial charge in [0.15, 0.2) is 0 Å². The maximum atomic E-state index is 12.1. The van der Waals surface area contributed by atoms with Crippen LogP contribution >= 0.6 is 11.3 Å². The van der Waals surface area contributed by atoms with Crippen molar-refractivity contribution in [2.45, 2.75) is 38.6 Å². The van der Waals surface area contributed by atoms with Crippen molar-refractivity contribution in [2.75, 3.05) is 5.32 Å². The number of benzene rings is 1. The van der Waals surface area contributed by atoms with E-state index in [9.17, 15) is 13.2 Å². The molecule has 0 aliphatic rings. The van der Waals surface area contributed by atoms with Gasteiger partial charge in [-0.25, -0.2) is 23.3 Å². The van der Waals surface area contributed by atoms with Crippen molar-refractivity contribution in [1.82, 2.24) is 10.3 Å². The molecular weight excluding hydrogens is 348 g/mol. The smallest absolute Gasteiger partial charge is 0.319 e. The number of sulfonamides is 1. The van der Waals surface area contributed by atoms with E-state index in [2.05, 4.69) is 15.6 Å². The van der Waals surface area contributed by atoms with Crippen molar-refractivity contribution in [1.29, 1.82) is 0 Å². The summed E-state index contributed by atoms with van der Waals surface area (Å²) in [6.45, 7) is 6.07. The molecule has 4 N–H and O–H groups in total. The quantitative estimate of drug-likeness (QED) is 0.751. The molecule has 0 spiro atoms. The van der Waals surface area contributed by atoms with Crippen LogP contribution in [0.3, 0.4) is 0 Å². The number of rotatable bonds is 5. The molecule has 2 aromatic rings. The first-order valence-electron chi connectivity index (χ1n) is 7.34. The number of urea groups is 1. The van der Waals surface area contributed by atoms with Crippen LogP contribution in [0.25, 0.3) is 0 Å². The minimum Gasteiger partial charge on any atom is -0.333 e. The van der Waals surface area contributed by atoms with Crippen LogP contribution in [-0.2, 0) is 23.0 Å². The maximum absolute atomic E-state index is 12.1. The number of anilines is 1. The summed E-state index contributed by atoms with van der Waals surface area (Å²) in [5.74, 6) is 0. The number of nitrogens with two attached hydrogens (primary N) is 1. The molecule has 9 heteroatoms. The number of primary sulfonamides is 1. The lowest BCUT2D eigenvalue weighted by molar-refractivity contribution is 0.252. The Kier molecular flexibility index (Phi) is 5.58. The fraction of sp³-hybridized carbons (Fsp3) is 0.333. The molecule has 0 bridgehead atoms. The highest BCUT2D eigenvalue weighted by Gasteiger charge is 2.12. The average molecular weight is 368 g/mol. The third-order valence-electron chi connectivity index (χ3n) is 3.43. The van der Waals surface area contributed by atoms with Crippen LogP contribution in [0.15, 0.2) is 23.1 Å². The fourth-order valence-corrected chi connectivity index (χ4v) is 3.53. The Morgan fingerprint density at radius 3 is 2.62 bits per heavy atom. The zero-order valence-electron chi connectivity index (χ0n) is 13.7. The van der Waals surface area contributed by atoms with Gasteiger partial charge in [0.25, 0.3) is 0 Å². The van der Waals surface area contributed by atoms with E-state index in [1.807, 2.05) is 13.8 Å². The maximum Gasteiger partial charge on any atom is 0.319 e. The molecule has 0 radical (unpaired) electrons. The van der Waals surface area contributed by atoms with Crippen molar-refractivity contribution >= 4 is 33.1 Å². The van der Waals surface area contributed by atoms with Crippen LogP contribution in [0.4, 0.5) is 10.5 Å². The van der Waals surface area contributed by atoms with E-state index in [1.165, 1.54) is 12.1 Å². The van der Waals surface area contributed by atoms with Gasteiger partial charge in [-0.15, -0.1) is 11.3 Å². The van der Waals surface area contributed by atoms with Gasteiger partial charge in [-0.2, -0.15) is 0 Å². The zero-order valence-corrected chi connectivity index (χ0v) is 15.3. The van der Waals surface area contributed by atoms with Crippen LogP contribution in [0.2, 0.25) is 0 Å². The molecule has 1 aromatic carbocycles. The second-order valence-corrected chi connectivity index (χ2v) is 8.03. The molecule has 2 rings (SSSR count). The Hall–Kier alpha value is -1.97. The molecule has 0 aliphatic heterocycles. The molecule has 0 saturated heterocycles. The Balaban J connectivity index is 2.05. The lowest BCUT2D eigenvalue weighted by Gasteiger charge is -2.11. The molecule has 0 fully saturated rings. The molecular formula is C15H20N4O3S2. The molecule has 7 nitrogen and oxygen atoms in total. The van der Waals surface area contributed by atoms with E-state index in [4.69, 9.17) is 5.14 Å². The Morgan fingerprint density at radius 1 is 1.33 bits per heavy atom. The lowest BCUT2D eigenvalue weighted by atomic mass is 10.2. The zero-order chi connectivity index (χ0) is 17.9. The number of carbonyl (C=O) groups excluding carboxylic acids is 1. The number of thiazole rings is 1. The Morgan fingerprint density at radius 2 is 2.04 bits per heavy atom. The number of hydrogen-bond acceptors (Lipinski definition) is 5. The van der Waals surface area contributed by atoms with Crippen LogP contribution < -0.4 is 15.8 Å². The number of hydrogen-bond donors (Lipinski definition) is 3. The number of nitrogens with one attached hydrogen (secondary N) is 2. The van der Waals surface area contributed by atoms with Gasteiger partial charge in [-0.1, -0.05) is 13.0 Å². The van der Waals surface area contributed by atoms with Crippen molar-refractivity contribution in [3.05, 3.63) is 39.3 Å². The number of carbonyl (C=O) groups is 1. The molecule has 1 aromatic heterocycles. The first kappa shape index (κ1) is 18.4. The van der Waals surface area contributed by atoms with Crippen molar-refractivity contribution < 1.29 is 13.2 Å². The largest absolute Gasteiger partial charge is 0.333 e. The van der Waals surface area contributed by atoms with Gasteiger partial charge < -0.3 is 10.6 Å². The second kappa shape index (κ2) is 7.29. The molecule has 0 atom stereocenters. The lowest BCUT2D eigenvalue weighted by Crippen LogP contribution is -2.28. The van der Waals surface area contributed by atoms with E-state index in [0.29, 0.717) is 12.2 Å². The van der Waals surface area contributed by atoms with E-state index < -0.39 is 16.1 Å². The molecule has 0 unspecified atom stereocenters. The standard InChI is InChI=1S/C15H20N4O3S2/c1-4-14-18-10(3)13(23-14)8-17-15(20)19-12-7-11(24(16,21)22)6-5-9(12)2/h5-7H,4,8H2,1-3H3,(H2,16,21,22)(H2,17,19,20). The monoisotopic (exact) mass is 368 g/mol. The topological polar surface area (TPSA) is 114 Å². The number of nitrogens with zero attached hydrogens (tertiary/aromatic N) is 1. The van der Waals surface area contributed by atoms with Crippen LogP contribution in [0.1, 0.15) is 28.1 Å². The van der Waals surface area contributed by atoms with Crippen molar-refractivity contribution in [3.63, 3.8) is 0 Å². The van der Waals surface area contributed by atoms with Gasteiger partial charge >= 0.3 is 6.03 Å². The summed E-state index contributed by atoms with van der Waals surface area (Å²) in [6.07, 6.45) is 0.858. The highest BCUT2D eigenvalue weighted by molar-refractivity contribution is 7.89. The molecule has 0 saturated carbocycles. The van der Waals surface area contributed by atoms with Crippen LogP contribution in [0.5, 0.6) is 0 Å². The summed E-state index contributed by atoms with van der Waals surface area (Å²) in [7, 11) is -3.82. The Bertz CT molecular complexity index is 860. The average Bonchev–Trinajstić information content (AvgIpc) is 2.86. The first-order chi connectivity index (χ1) is 11.2. The van der Waals surface area contributed by atoms with Gasteiger partial charge in [0, 0.05) is 10.6 Å². The van der Waals surface area contributed by atoms with E-state index in [1.54, 1.807) is 24.3 Å².